The molecule has 1 atom stereocenters. The van der Waals surface area contributed by atoms with E-state index in [1.165, 1.54) is 0 Å². The van der Waals surface area contributed by atoms with Gasteiger partial charge in [-0.25, -0.2) is 0 Å². The average molecular weight is 408 g/mol. The number of methoxy groups -OCH3 is 2. The molecule has 0 aromatic heterocycles. The molecule has 0 radical (unpaired) electrons. The molecule has 0 fully saturated rings. The Morgan fingerprint density at radius 1 is 0.933 bits per heavy atom. The van der Waals surface area contributed by atoms with Gasteiger partial charge in [0, 0.05) is 47.6 Å². The number of benzene rings is 2. The Hall–Kier alpha value is -3.15. The molecule has 1 aliphatic carbocycles. The number of fused-ring (bicyclic) bond motifs is 2. The molecule has 2 heterocycles. The van der Waals surface area contributed by atoms with E-state index in [9.17, 15) is 4.79 Å². The number of allylic oxidation sites excluding steroid dienone is 2. The second kappa shape index (κ2) is 6.69. The number of ketones is 1. The van der Waals surface area contributed by atoms with E-state index < -0.39 is 0 Å². The van der Waals surface area contributed by atoms with Gasteiger partial charge in [0.15, 0.2) is 17.3 Å². The third-order valence-electron chi connectivity index (χ3n) is 5.97. The minimum atomic E-state index is -0.317. The van der Waals surface area contributed by atoms with Crippen molar-refractivity contribution in [3.8, 4) is 28.7 Å². The second-order valence-corrected chi connectivity index (χ2v) is 8.66. The first-order valence-electron chi connectivity index (χ1n) is 10.00. The molecule has 2 aromatic carbocycles. The molecule has 0 saturated carbocycles. The first kappa shape index (κ1) is 18.9. The molecular weight excluding hydrogens is 384 g/mol. The summed E-state index contributed by atoms with van der Waals surface area (Å²) in [6, 6.07) is 9.46. The third kappa shape index (κ3) is 2.90. The Labute approximate surface area is 175 Å². The lowest BCUT2D eigenvalue weighted by Gasteiger charge is -2.38. The van der Waals surface area contributed by atoms with E-state index in [1.807, 2.05) is 30.3 Å². The van der Waals surface area contributed by atoms with Gasteiger partial charge in [0.25, 0.3) is 0 Å². The van der Waals surface area contributed by atoms with Crippen molar-refractivity contribution < 1.29 is 28.5 Å². The Balaban J connectivity index is 1.75. The highest BCUT2D eigenvalue weighted by Gasteiger charge is 2.43. The van der Waals surface area contributed by atoms with Crippen LogP contribution in [0.25, 0.3) is 0 Å². The van der Waals surface area contributed by atoms with Gasteiger partial charge < -0.3 is 23.7 Å². The van der Waals surface area contributed by atoms with Crippen molar-refractivity contribution in [3.63, 3.8) is 0 Å². The topological polar surface area (TPSA) is 63.2 Å². The van der Waals surface area contributed by atoms with Crippen molar-refractivity contribution in [2.75, 3.05) is 21.0 Å². The van der Waals surface area contributed by atoms with E-state index in [4.69, 9.17) is 23.7 Å². The van der Waals surface area contributed by atoms with E-state index in [0.29, 0.717) is 47.2 Å². The summed E-state index contributed by atoms with van der Waals surface area (Å²) < 4.78 is 28.5. The molecule has 0 unspecified atom stereocenters. The summed E-state index contributed by atoms with van der Waals surface area (Å²) >= 11 is 0. The van der Waals surface area contributed by atoms with Crippen LogP contribution >= 0.6 is 0 Å². The van der Waals surface area contributed by atoms with Gasteiger partial charge >= 0.3 is 0 Å². The van der Waals surface area contributed by atoms with Gasteiger partial charge in [0.05, 0.1) is 14.2 Å². The summed E-state index contributed by atoms with van der Waals surface area (Å²) in [5, 5.41) is 0. The van der Waals surface area contributed by atoms with Gasteiger partial charge in [-0.05, 0) is 17.5 Å². The molecule has 2 aliphatic heterocycles. The molecule has 5 rings (SSSR count). The quantitative estimate of drug-likeness (QED) is 0.740. The summed E-state index contributed by atoms with van der Waals surface area (Å²) in [6.45, 7) is 4.36. The lowest BCUT2D eigenvalue weighted by atomic mass is 9.70. The van der Waals surface area contributed by atoms with Crippen LogP contribution in [0.1, 0.15) is 43.7 Å². The van der Waals surface area contributed by atoms with Crippen molar-refractivity contribution in [3.05, 3.63) is 52.8 Å². The van der Waals surface area contributed by atoms with E-state index in [0.717, 1.165) is 16.9 Å². The first-order chi connectivity index (χ1) is 14.4. The van der Waals surface area contributed by atoms with Gasteiger partial charge in [-0.15, -0.1) is 0 Å². The van der Waals surface area contributed by atoms with Gasteiger partial charge in [-0.2, -0.15) is 0 Å². The fraction of sp³-hybridized carbons (Fsp3) is 0.375. The molecule has 2 aromatic rings. The molecular formula is C24H24O6. The Kier molecular flexibility index (Phi) is 4.20. The van der Waals surface area contributed by atoms with Crippen LogP contribution in [0.4, 0.5) is 0 Å². The number of Topliss-reactive ketones (excluding diaryl/α,β-unsaturated/α-hetero) is 1. The van der Waals surface area contributed by atoms with Gasteiger partial charge in [-0.3, -0.25) is 4.79 Å². The van der Waals surface area contributed by atoms with Crippen molar-refractivity contribution in [1.82, 2.24) is 0 Å². The summed E-state index contributed by atoms with van der Waals surface area (Å²) in [6.07, 6.45) is 1.17. The lowest BCUT2D eigenvalue weighted by molar-refractivity contribution is -0.118. The van der Waals surface area contributed by atoms with Crippen molar-refractivity contribution >= 4 is 5.78 Å². The van der Waals surface area contributed by atoms with Crippen molar-refractivity contribution in [2.24, 2.45) is 5.41 Å². The number of carbonyl (C=O) groups is 1. The fourth-order valence-corrected chi connectivity index (χ4v) is 4.61. The maximum absolute atomic E-state index is 13.3. The Bertz CT molecular complexity index is 1080. The standard InChI is InChI=1S/C24H24O6/c1-24(2)10-16(25)23-21(11-24)30-18-9-20-19(28-12-29-20)8-15(18)22(23)14-6-5-13(26-3)7-17(14)27-4/h5-9,22H,10-12H2,1-4H3/t22-/m0/s1. The maximum atomic E-state index is 13.3. The van der Waals surface area contributed by atoms with E-state index in [2.05, 4.69) is 13.8 Å². The van der Waals surface area contributed by atoms with E-state index >= 15 is 0 Å². The van der Waals surface area contributed by atoms with Crippen molar-refractivity contribution in [2.45, 2.75) is 32.6 Å². The molecule has 30 heavy (non-hydrogen) atoms. The lowest BCUT2D eigenvalue weighted by Crippen LogP contribution is -2.33. The van der Waals surface area contributed by atoms with E-state index in [-0.39, 0.29) is 23.9 Å². The van der Waals surface area contributed by atoms with Gasteiger partial charge in [-0.1, -0.05) is 19.9 Å². The number of hydrogen-bond acceptors (Lipinski definition) is 6. The SMILES string of the molecule is COc1ccc([C@@H]2C3=C(CC(C)(C)CC3=O)Oc3cc4c(cc32)OCO4)c(OC)c1. The van der Waals surface area contributed by atoms with Crippen LogP contribution in [0.2, 0.25) is 0 Å². The molecule has 6 nitrogen and oxygen atoms in total. The maximum Gasteiger partial charge on any atom is 0.231 e. The van der Waals surface area contributed by atoms with Crippen LogP contribution in [0.5, 0.6) is 28.7 Å². The number of ether oxygens (including phenoxy) is 5. The summed E-state index contributed by atoms with van der Waals surface area (Å²) in [4.78, 5) is 13.3. The Morgan fingerprint density at radius 3 is 2.43 bits per heavy atom. The van der Waals surface area contributed by atoms with Crippen molar-refractivity contribution in [1.29, 1.82) is 0 Å². The predicted molar refractivity (Wildman–Crippen MR) is 110 cm³/mol. The normalized spacial score (nSPS) is 20.9. The zero-order chi connectivity index (χ0) is 21.0. The molecule has 0 saturated heterocycles. The number of hydrogen-bond donors (Lipinski definition) is 0. The van der Waals surface area contributed by atoms with Crippen LogP contribution in [0.3, 0.4) is 0 Å². The van der Waals surface area contributed by atoms with Gasteiger partial charge in [0.1, 0.15) is 23.0 Å². The number of carbonyl (C=O) groups excluding carboxylic acids is 1. The molecule has 156 valence electrons. The molecule has 0 N–H and O–H groups in total. The predicted octanol–water partition coefficient (Wildman–Crippen LogP) is 4.60. The molecule has 6 heteroatoms. The zero-order valence-electron chi connectivity index (χ0n) is 17.5. The highest BCUT2D eigenvalue weighted by Crippen LogP contribution is 2.54. The number of rotatable bonds is 3. The van der Waals surface area contributed by atoms with Crippen LogP contribution in [-0.2, 0) is 4.79 Å². The highest BCUT2D eigenvalue weighted by molar-refractivity contribution is 6.00. The molecule has 0 spiro atoms. The minimum absolute atomic E-state index is 0.104. The first-order valence-corrected chi connectivity index (χ1v) is 10.00. The largest absolute Gasteiger partial charge is 0.497 e. The summed E-state index contributed by atoms with van der Waals surface area (Å²) in [5.74, 6) is 3.86. The molecule has 0 amide bonds. The average Bonchev–Trinajstić information content (AvgIpc) is 3.16. The van der Waals surface area contributed by atoms with Crippen LogP contribution in [0.15, 0.2) is 41.7 Å². The molecule has 0 bridgehead atoms. The summed E-state index contributed by atoms with van der Waals surface area (Å²) in [7, 11) is 3.24. The Morgan fingerprint density at radius 2 is 1.70 bits per heavy atom. The summed E-state index contributed by atoms with van der Waals surface area (Å²) in [5.41, 5.74) is 2.30. The molecule has 3 aliphatic rings. The van der Waals surface area contributed by atoms with E-state index in [1.54, 1.807) is 14.2 Å². The van der Waals surface area contributed by atoms with Gasteiger partial charge in [0.2, 0.25) is 6.79 Å². The zero-order valence-corrected chi connectivity index (χ0v) is 17.5. The second-order valence-electron chi connectivity index (χ2n) is 8.66. The van der Waals surface area contributed by atoms with Crippen LogP contribution in [-0.4, -0.2) is 26.8 Å². The third-order valence-corrected chi connectivity index (χ3v) is 5.97. The van der Waals surface area contributed by atoms with Crippen LogP contribution < -0.4 is 23.7 Å². The fourth-order valence-electron chi connectivity index (χ4n) is 4.61. The monoisotopic (exact) mass is 408 g/mol. The minimum Gasteiger partial charge on any atom is -0.497 e. The highest BCUT2D eigenvalue weighted by atomic mass is 16.7. The smallest absolute Gasteiger partial charge is 0.231 e. The van der Waals surface area contributed by atoms with Crippen LogP contribution in [0, 0.1) is 5.41 Å².